The molecule has 2 aromatic heterocycles. The lowest BCUT2D eigenvalue weighted by atomic mass is 10.1. The van der Waals surface area contributed by atoms with Gasteiger partial charge in [-0.2, -0.15) is 5.10 Å². The first-order valence-electron chi connectivity index (χ1n) is 10.6. The number of rotatable bonds is 7. The van der Waals surface area contributed by atoms with Gasteiger partial charge in [0.1, 0.15) is 0 Å². The van der Waals surface area contributed by atoms with Crippen molar-refractivity contribution in [3.05, 3.63) is 115 Å². The van der Waals surface area contributed by atoms with Gasteiger partial charge in [-0.25, -0.2) is 13.1 Å². The molecule has 0 aliphatic carbocycles. The van der Waals surface area contributed by atoms with Crippen LogP contribution in [0.2, 0.25) is 0 Å². The maximum Gasteiger partial charge on any atom is 0.241 e. The first kappa shape index (κ1) is 21.1. The highest BCUT2D eigenvalue weighted by Crippen LogP contribution is 2.25. The second-order valence-electron chi connectivity index (χ2n) is 7.73. The molecule has 3 aromatic carbocycles. The molecule has 7 heteroatoms. The van der Waals surface area contributed by atoms with E-state index in [1.807, 2.05) is 77.6 Å². The first-order valence-corrected chi connectivity index (χ1v) is 12.1. The van der Waals surface area contributed by atoms with Crippen LogP contribution in [0.3, 0.4) is 0 Å². The Morgan fingerprint density at radius 3 is 2.39 bits per heavy atom. The number of hydrogen-bond acceptors (Lipinski definition) is 4. The minimum atomic E-state index is -3.75. The fourth-order valence-electron chi connectivity index (χ4n) is 3.86. The third-order valence-corrected chi connectivity index (χ3v) is 6.91. The number of benzene rings is 3. The maximum atomic E-state index is 13.2. The Kier molecular flexibility index (Phi) is 5.73. The largest absolute Gasteiger partial charge is 0.267 e. The van der Waals surface area contributed by atoms with Crippen molar-refractivity contribution in [3.8, 4) is 11.3 Å². The van der Waals surface area contributed by atoms with Crippen molar-refractivity contribution in [2.75, 3.05) is 0 Å². The number of fused-ring (bicyclic) bond motifs is 1. The molecule has 0 spiro atoms. The van der Waals surface area contributed by atoms with E-state index in [0.29, 0.717) is 11.9 Å². The van der Waals surface area contributed by atoms with Gasteiger partial charge in [0.15, 0.2) is 0 Å². The monoisotopic (exact) mass is 454 g/mol. The van der Waals surface area contributed by atoms with E-state index in [4.69, 9.17) is 5.10 Å². The third-order valence-electron chi connectivity index (χ3n) is 5.45. The topological polar surface area (TPSA) is 76.9 Å². The molecule has 5 aromatic rings. The van der Waals surface area contributed by atoms with Gasteiger partial charge in [-0.15, -0.1) is 0 Å². The van der Waals surface area contributed by atoms with E-state index >= 15 is 0 Å². The number of sulfonamides is 1. The normalized spacial score (nSPS) is 11.6. The van der Waals surface area contributed by atoms with Gasteiger partial charge in [-0.3, -0.25) is 9.67 Å². The highest BCUT2D eigenvalue weighted by Gasteiger charge is 2.19. The predicted octanol–water partition coefficient (Wildman–Crippen LogP) is 4.63. The average Bonchev–Trinajstić information content (AvgIpc) is 3.26. The molecule has 0 amide bonds. The van der Waals surface area contributed by atoms with Crippen molar-refractivity contribution in [1.82, 2.24) is 19.5 Å². The van der Waals surface area contributed by atoms with Crippen LogP contribution in [0, 0.1) is 0 Å². The molecule has 0 fully saturated rings. The van der Waals surface area contributed by atoms with Gasteiger partial charge in [0.25, 0.3) is 0 Å². The van der Waals surface area contributed by atoms with Gasteiger partial charge in [0.2, 0.25) is 10.0 Å². The molecule has 6 nitrogen and oxygen atoms in total. The molecular weight excluding hydrogens is 432 g/mol. The van der Waals surface area contributed by atoms with Crippen LogP contribution >= 0.6 is 0 Å². The van der Waals surface area contributed by atoms with E-state index in [-0.39, 0.29) is 11.4 Å². The fourth-order valence-corrected chi connectivity index (χ4v) is 5.09. The summed E-state index contributed by atoms with van der Waals surface area (Å²) >= 11 is 0. The van der Waals surface area contributed by atoms with Crippen molar-refractivity contribution >= 4 is 20.8 Å². The molecule has 33 heavy (non-hydrogen) atoms. The molecule has 5 rings (SSSR count). The summed E-state index contributed by atoms with van der Waals surface area (Å²) in [5.41, 5.74) is 3.63. The number of hydrogen-bond donors (Lipinski definition) is 1. The Labute approximate surface area is 192 Å². The SMILES string of the molecule is O=S(=O)(NCc1cn(Cc2ccccc2)nc1-c1ccccc1)c1cccc2cnccc12. The molecule has 2 heterocycles. The van der Waals surface area contributed by atoms with E-state index in [2.05, 4.69) is 9.71 Å². The summed E-state index contributed by atoms with van der Waals surface area (Å²) in [4.78, 5) is 4.32. The Morgan fingerprint density at radius 1 is 0.848 bits per heavy atom. The summed E-state index contributed by atoms with van der Waals surface area (Å²) < 4.78 is 31.0. The van der Waals surface area contributed by atoms with Crippen molar-refractivity contribution in [2.24, 2.45) is 0 Å². The Hall–Kier alpha value is -3.81. The van der Waals surface area contributed by atoms with E-state index in [9.17, 15) is 8.42 Å². The number of nitrogens with zero attached hydrogens (tertiary/aromatic N) is 3. The first-order chi connectivity index (χ1) is 16.1. The predicted molar refractivity (Wildman–Crippen MR) is 129 cm³/mol. The van der Waals surface area contributed by atoms with Crippen LogP contribution < -0.4 is 4.72 Å². The van der Waals surface area contributed by atoms with E-state index in [0.717, 1.165) is 27.8 Å². The molecular formula is C26H22N4O2S. The lowest BCUT2D eigenvalue weighted by Gasteiger charge is -2.09. The lowest BCUT2D eigenvalue weighted by Crippen LogP contribution is -2.23. The smallest absolute Gasteiger partial charge is 0.241 e. The van der Waals surface area contributed by atoms with Gasteiger partial charge in [0, 0.05) is 47.0 Å². The van der Waals surface area contributed by atoms with Gasteiger partial charge < -0.3 is 0 Å². The highest BCUT2D eigenvalue weighted by atomic mass is 32.2. The molecule has 0 saturated heterocycles. The van der Waals surface area contributed by atoms with E-state index < -0.39 is 10.0 Å². The van der Waals surface area contributed by atoms with Crippen molar-refractivity contribution < 1.29 is 8.42 Å². The molecule has 0 unspecified atom stereocenters. The highest BCUT2D eigenvalue weighted by molar-refractivity contribution is 7.89. The van der Waals surface area contributed by atoms with Crippen LogP contribution in [0.1, 0.15) is 11.1 Å². The fraction of sp³-hybridized carbons (Fsp3) is 0.0769. The number of pyridine rings is 1. The Morgan fingerprint density at radius 2 is 1.61 bits per heavy atom. The van der Waals surface area contributed by atoms with E-state index in [1.54, 1.807) is 30.6 Å². The number of aromatic nitrogens is 3. The second-order valence-corrected chi connectivity index (χ2v) is 9.47. The Bertz CT molecular complexity index is 1490. The summed E-state index contributed by atoms with van der Waals surface area (Å²) in [5.74, 6) is 0. The lowest BCUT2D eigenvalue weighted by molar-refractivity contribution is 0.582. The van der Waals surface area contributed by atoms with Crippen LogP contribution in [-0.2, 0) is 23.1 Å². The van der Waals surface area contributed by atoms with Crippen LogP contribution in [0.25, 0.3) is 22.0 Å². The second kappa shape index (κ2) is 8.97. The van der Waals surface area contributed by atoms with Crippen molar-refractivity contribution in [3.63, 3.8) is 0 Å². The number of nitrogens with one attached hydrogen (secondary N) is 1. The molecule has 0 bridgehead atoms. The van der Waals surface area contributed by atoms with Gasteiger partial charge in [0.05, 0.1) is 17.1 Å². The summed E-state index contributed by atoms with van der Waals surface area (Å²) in [5, 5.41) is 6.19. The van der Waals surface area contributed by atoms with E-state index in [1.165, 1.54) is 0 Å². The Balaban J connectivity index is 1.47. The maximum absolute atomic E-state index is 13.2. The minimum Gasteiger partial charge on any atom is -0.267 e. The summed E-state index contributed by atoms with van der Waals surface area (Å²) in [6.07, 6.45) is 5.17. The summed E-state index contributed by atoms with van der Waals surface area (Å²) in [7, 11) is -3.75. The van der Waals surface area contributed by atoms with Gasteiger partial charge >= 0.3 is 0 Å². The molecule has 1 N–H and O–H groups in total. The molecule has 0 atom stereocenters. The molecule has 0 aliphatic heterocycles. The quantitative estimate of drug-likeness (QED) is 0.389. The molecule has 0 aliphatic rings. The van der Waals surface area contributed by atoms with Gasteiger partial charge in [-0.1, -0.05) is 72.8 Å². The zero-order valence-corrected chi connectivity index (χ0v) is 18.6. The van der Waals surface area contributed by atoms with Crippen LogP contribution in [0.15, 0.2) is 108 Å². The zero-order valence-electron chi connectivity index (χ0n) is 17.8. The van der Waals surface area contributed by atoms with Crippen molar-refractivity contribution in [1.29, 1.82) is 0 Å². The average molecular weight is 455 g/mol. The summed E-state index contributed by atoms with van der Waals surface area (Å²) in [6.45, 7) is 0.729. The minimum absolute atomic E-state index is 0.128. The zero-order chi connectivity index (χ0) is 22.7. The molecule has 164 valence electrons. The summed E-state index contributed by atoms with van der Waals surface area (Å²) in [6, 6.07) is 26.8. The van der Waals surface area contributed by atoms with Crippen molar-refractivity contribution in [2.45, 2.75) is 18.0 Å². The van der Waals surface area contributed by atoms with Crippen LogP contribution in [0.5, 0.6) is 0 Å². The van der Waals surface area contributed by atoms with Crippen LogP contribution in [-0.4, -0.2) is 23.2 Å². The van der Waals surface area contributed by atoms with Crippen LogP contribution in [0.4, 0.5) is 0 Å². The standard InChI is InChI=1S/C26H22N4O2S/c31-33(32,25-13-7-12-22-16-27-15-14-24(22)25)28-17-23-19-30(18-20-8-3-1-4-9-20)29-26(23)21-10-5-2-6-11-21/h1-16,19,28H,17-18H2. The van der Waals surface area contributed by atoms with Gasteiger partial charge in [-0.05, 0) is 17.7 Å². The molecule has 0 saturated carbocycles. The third kappa shape index (κ3) is 4.55. The molecule has 0 radical (unpaired) electrons.